The highest BCUT2D eigenvalue weighted by molar-refractivity contribution is 5.87. The van der Waals surface area contributed by atoms with Crippen LogP contribution < -0.4 is 10.2 Å². The van der Waals surface area contributed by atoms with Crippen molar-refractivity contribution in [3.63, 3.8) is 0 Å². The molecule has 2 amide bonds. The first kappa shape index (κ1) is 20.3. The lowest BCUT2D eigenvalue weighted by molar-refractivity contribution is -0.137. The summed E-state index contributed by atoms with van der Waals surface area (Å²) in [5, 5.41) is 2.80. The zero-order valence-electron chi connectivity index (χ0n) is 17.0. The Morgan fingerprint density at radius 3 is 2.12 bits per heavy atom. The molecule has 0 bridgehead atoms. The summed E-state index contributed by atoms with van der Waals surface area (Å²) in [7, 11) is 0. The molecular formula is C21H33N3O2. The lowest BCUT2D eigenvalue weighted by Gasteiger charge is -2.40. The highest BCUT2D eigenvalue weighted by atomic mass is 16.2. The van der Waals surface area contributed by atoms with E-state index in [9.17, 15) is 9.59 Å². The number of hydrogen-bond donors (Lipinski definition) is 1. The van der Waals surface area contributed by atoms with Gasteiger partial charge in [0.05, 0.1) is 0 Å². The van der Waals surface area contributed by atoms with Gasteiger partial charge in [0.2, 0.25) is 11.8 Å². The fourth-order valence-electron chi connectivity index (χ4n) is 3.48. The molecule has 144 valence electrons. The highest BCUT2D eigenvalue weighted by Gasteiger charge is 2.31. The molecule has 0 saturated carbocycles. The van der Waals surface area contributed by atoms with Gasteiger partial charge < -0.3 is 15.1 Å². The van der Waals surface area contributed by atoms with Crippen molar-refractivity contribution in [3.05, 3.63) is 29.8 Å². The van der Waals surface area contributed by atoms with Crippen molar-refractivity contribution < 1.29 is 9.59 Å². The first-order valence-corrected chi connectivity index (χ1v) is 9.51. The molecule has 0 aliphatic carbocycles. The number of para-hydroxylation sites is 1. The predicted molar refractivity (Wildman–Crippen MR) is 106 cm³/mol. The Bertz CT molecular complexity index is 641. The minimum Gasteiger partial charge on any atom is -0.368 e. The maximum absolute atomic E-state index is 12.8. The number of rotatable bonds is 4. The molecule has 1 N–H and O–H groups in total. The molecule has 1 aromatic rings. The second-order valence-electron chi connectivity index (χ2n) is 8.50. The Kier molecular flexibility index (Phi) is 6.32. The number of amides is 2. The van der Waals surface area contributed by atoms with Crippen molar-refractivity contribution in [2.45, 2.75) is 53.0 Å². The van der Waals surface area contributed by atoms with Crippen molar-refractivity contribution in [1.82, 2.24) is 10.2 Å². The third-order valence-corrected chi connectivity index (χ3v) is 4.94. The molecule has 1 fully saturated rings. The molecule has 1 aliphatic rings. The molecule has 5 nitrogen and oxygen atoms in total. The smallest absolute Gasteiger partial charge is 0.245 e. The Labute approximate surface area is 157 Å². The molecule has 0 aromatic heterocycles. The van der Waals surface area contributed by atoms with Gasteiger partial charge in [0.1, 0.15) is 6.04 Å². The van der Waals surface area contributed by atoms with Gasteiger partial charge in [-0.05, 0) is 23.0 Å². The molecular weight excluding hydrogens is 326 g/mol. The van der Waals surface area contributed by atoms with Crippen LogP contribution in [0.2, 0.25) is 0 Å². The number of carbonyl (C=O) groups is 2. The average molecular weight is 360 g/mol. The van der Waals surface area contributed by atoms with E-state index in [1.54, 1.807) is 0 Å². The van der Waals surface area contributed by atoms with Gasteiger partial charge in [-0.2, -0.15) is 0 Å². The van der Waals surface area contributed by atoms with Gasteiger partial charge in [0, 0.05) is 38.8 Å². The Hall–Kier alpha value is -2.04. The van der Waals surface area contributed by atoms with E-state index in [1.165, 1.54) is 18.2 Å². The van der Waals surface area contributed by atoms with E-state index in [-0.39, 0.29) is 23.1 Å². The van der Waals surface area contributed by atoms with Crippen LogP contribution in [0.15, 0.2) is 24.3 Å². The average Bonchev–Trinajstić information content (AvgIpc) is 2.58. The molecule has 2 rings (SSSR count). The van der Waals surface area contributed by atoms with E-state index in [0.29, 0.717) is 13.1 Å². The quantitative estimate of drug-likeness (QED) is 0.899. The van der Waals surface area contributed by atoms with Gasteiger partial charge in [0.25, 0.3) is 0 Å². The van der Waals surface area contributed by atoms with Crippen LogP contribution in [0.25, 0.3) is 0 Å². The van der Waals surface area contributed by atoms with Crippen molar-refractivity contribution in [2.24, 2.45) is 5.92 Å². The van der Waals surface area contributed by atoms with E-state index < -0.39 is 6.04 Å². The first-order valence-electron chi connectivity index (χ1n) is 9.51. The van der Waals surface area contributed by atoms with Crippen LogP contribution in [0, 0.1) is 5.92 Å². The largest absolute Gasteiger partial charge is 0.368 e. The molecule has 1 atom stereocenters. The summed E-state index contributed by atoms with van der Waals surface area (Å²) < 4.78 is 0. The zero-order chi connectivity index (χ0) is 19.5. The molecule has 0 unspecified atom stereocenters. The number of hydrogen-bond acceptors (Lipinski definition) is 3. The van der Waals surface area contributed by atoms with Crippen LogP contribution in [-0.2, 0) is 15.0 Å². The van der Waals surface area contributed by atoms with Crippen LogP contribution in [0.1, 0.15) is 47.1 Å². The molecule has 1 aliphatic heterocycles. The first-order chi connectivity index (χ1) is 12.1. The fourth-order valence-corrected chi connectivity index (χ4v) is 3.48. The van der Waals surface area contributed by atoms with Gasteiger partial charge in [-0.25, -0.2) is 0 Å². The summed E-state index contributed by atoms with van der Waals surface area (Å²) in [6.07, 6.45) is 0. The lowest BCUT2D eigenvalue weighted by Crippen LogP contribution is -2.56. The maximum Gasteiger partial charge on any atom is 0.245 e. The highest BCUT2D eigenvalue weighted by Crippen LogP contribution is 2.32. The van der Waals surface area contributed by atoms with Crippen molar-refractivity contribution in [3.8, 4) is 0 Å². The van der Waals surface area contributed by atoms with Gasteiger partial charge >= 0.3 is 0 Å². The fraction of sp³-hybridized carbons (Fsp3) is 0.619. The third kappa shape index (κ3) is 4.77. The number of nitrogens with one attached hydrogen (secondary N) is 1. The number of anilines is 1. The Balaban J connectivity index is 2.08. The summed E-state index contributed by atoms with van der Waals surface area (Å²) >= 11 is 0. The molecule has 1 aromatic carbocycles. The van der Waals surface area contributed by atoms with Crippen LogP contribution in [0.4, 0.5) is 5.69 Å². The predicted octanol–water partition coefficient (Wildman–Crippen LogP) is 2.79. The molecule has 5 heteroatoms. The Morgan fingerprint density at radius 1 is 1.04 bits per heavy atom. The molecule has 1 saturated heterocycles. The van der Waals surface area contributed by atoms with E-state index >= 15 is 0 Å². The second kappa shape index (κ2) is 8.11. The van der Waals surface area contributed by atoms with E-state index in [1.807, 2.05) is 18.7 Å². The van der Waals surface area contributed by atoms with Gasteiger partial charge in [-0.1, -0.05) is 52.8 Å². The summed E-state index contributed by atoms with van der Waals surface area (Å²) in [5.41, 5.74) is 2.67. The van der Waals surface area contributed by atoms with Crippen LogP contribution in [-0.4, -0.2) is 48.9 Å². The standard InChI is InChI=1S/C21H33N3O2/c1-15(2)19(22-16(3)25)20(26)24-13-11-23(12-14-24)18-10-8-7-9-17(18)21(4,5)6/h7-10,15,19H,11-14H2,1-6H3,(H,22,25)/t19-/m0/s1. The topological polar surface area (TPSA) is 52.7 Å². The summed E-state index contributed by atoms with van der Waals surface area (Å²) in [6.45, 7) is 15.1. The van der Waals surface area contributed by atoms with E-state index in [4.69, 9.17) is 0 Å². The summed E-state index contributed by atoms with van der Waals surface area (Å²) in [6, 6.07) is 8.09. The summed E-state index contributed by atoms with van der Waals surface area (Å²) in [5.74, 6) is -0.0557. The van der Waals surface area contributed by atoms with Gasteiger partial charge in [-0.15, -0.1) is 0 Å². The minimum atomic E-state index is -0.444. The van der Waals surface area contributed by atoms with Crippen LogP contribution in [0.5, 0.6) is 0 Å². The number of nitrogens with zero attached hydrogens (tertiary/aromatic N) is 2. The van der Waals surface area contributed by atoms with E-state index in [2.05, 4.69) is 55.3 Å². The summed E-state index contributed by atoms with van der Waals surface area (Å²) in [4.78, 5) is 28.5. The number of carbonyl (C=O) groups excluding carboxylic acids is 2. The zero-order valence-corrected chi connectivity index (χ0v) is 17.0. The van der Waals surface area contributed by atoms with Crippen molar-refractivity contribution in [2.75, 3.05) is 31.1 Å². The second-order valence-corrected chi connectivity index (χ2v) is 8.50. The SMILES string of the molecule is CC(=O)N[C@H](C(=O)N1CCN(c2ccccc2C(C)(C)C)CC1)C(C)C. The molecule has 0 radical (unpaired) electrons. The van der Waals surface area contributed by atoms with E-state index in [0.717, 1.165) is 13.1 Å². The van der Waals surface area contributed by atoms with Crippen molar-refractivity contribution >= 4 is 17.5 Å². The third-order valence-electron chi connectivity index (χ3n) is 4.94. The molecule has 26 heavy (non-hydrogen) atoms. The van der Waals surface area contributed by atoms with Crippen LogP contribution >= 0.6 is 0 Å². The molecule has 0 spiro atoms. The van der Waals surface area contributed by atoms with Gasteiger partial charge in [0.15, 0.2) is 0 Å². The normalized spacial score (nSPS) is 16.6. The van der Waals surface area contributed by atoms with Gasteiger partial charge in [-0.3, -0.25) is 9.59 Å². The lowest BCUT2D eigenvalue weighted by atomic mass is 9.85. The minimum absolute atomic E-state index is 0.0268. The number of benzene rings is 1. The number of piperazine rings is 1. The van der Waals surface area contributed by atoms with Crippen LogP contribution in [0.3, 0.4) is 0 Å². The van der Waals surface area contributed by atoms with Crippen molar-refractivity contribution in [1.29, 1.82) is 0 Å². The Morgan fingerprint density at radius 2 is 1.62 bits per heavy atom. The maximum atomic E-state index is 12.8. The molecule has 1 heterocycles. The monoisotopic (exact) mass is 359 g/mol.